The Morgan fingerprint density at radius 2 is 1.93 bits per heavy atom. The number of aryl methyl sites for hydroxylation is 1. The highest BCUT2D eigenvalue weighted by atomic mass is 35.5. The zero-order chi connectivity index (χ0) is 19.4. The van der Waals surface area contributed by atoms with Gasteiger partial charge in [-0.2, -0.15) is 4.98 Å². The molecule has 6 nitrogen and oxygen atoms in total. The number of ether oxygens (including phenoxy) is 1. The zero-order valence-corrected chi connectivity index (χ0v) is 16.2. The topological polar surface area (TPSA) is 69.0 Å². The highest BCUT2D eigenvalue weighted by Gasteiger charge is 2.16. The van der Waals surface area contributed by atoms with E-state index in [-0.39, 0.29) is 5.91 Å². The predicted molar refractivity (Wildman–Crippen MR) is 107 cm³/mol. The first-order chi connectivity index (χ1) is 13.0. The first kappa shape index (κ1) is 18.9. The number of halogens is 1. The minimum absolute atomic E-state index is 0.246. The zero-order valence-electron chi connectivity index (χ0n) is 15.4. The van der Waals surface area contributed by atoms with Gasteiger partial charge < -0.3 is 10.1 Å². The van der Waals surface area contributed by atoms with Crippen LogP contribution in [0, 0.1) is 6.92 Å². The SMILES string of the molecule is CCOc1nc(-c2ccccc2C)n(-c2ccc(NC(=O)[C@@H](C)Cl)cc2)n1. The van der Waals surface area contributed by atoms with E-state index in [2.05, 4.69) is 15.4 Å². The van der Waals surface area contributed by atoms with E-state index in [1.165, 1.54) is 0 Å². The van der Waals surface area contributed by atoms with Crippen molar-refractivity contribution in [2.24, 2.45) is 0 Å². The Morgan fingerprint density at radius 1 is 1.22 bits per heavy atom. The minimum Gasteiger partial charge on any atom is -0.463 e. The molecular formula is C20H21ClN4O2. The second-order valence-corrected chi connectivity index (χ2v) is 6.68. The first-order valence-corrected chi connectivity index (χ1v) is 9.14. The fraction of sp³-hybridized carbons (Fsp3) is 0.250. The van der Waals surface area contributed by atoms with Crippen molar-refractivity contribution in [2.45, 2.75) is 26.1 Å². The maximum atomic E-state index is 11.7. The van der Waals surface area contributed by atoms with Gasteiger partial charge in [0, 0.05) is 11.3 Å². The number of carbonyl (C=O) groups excluding carboxylic acids is 1. The molecule has 0 aliphatic heterocycles. The van der Waals surface area contributed by atoms with Crippen LogP contribution in [-0.2, 0) is 4.79 Å². The molecule has 0 fully saturated rings. The Hall–Kier alpha value is -2.86. The van der Waals surface area contributed by atoms with Crippen LogP contribution in [0.25, 0.3) is 17.1 Å². The highest BCUT2D eigenvalue weighted by molar-refractivity contribution is 6.32. The average Bonchev–Trinajstić information content (AvgIpc) is 3.06. The van der Waals surface area contributed by atoms with E-state index in [1.54, 1.807) is 23.7 Å². The maximum Gasteiger partial charge on any atom is 0.336 e. The number of anilines is 1. The lowest BCUT2D eigenvalue weighted by Gasteiger charge is -2.10. The van der Waals surface area contributed by atoms with Crippen molar-refractivity contribution < 1.29 is 9.53 Å². The molecule has 2 aromatic carbocycles. The van der Waals surface area contributed by atoms with E-state index in [1.807, 2.05) is 50.2 Å². The van der Waals surface area contributed by atoms with E-state index in [0.717, 1.165) is 16.8 Å². The number of amides is 1. The van der Waals surface area contributed by atoms with Crippen molar-refractivity contribution in [2.75, 3.05) is 11.9 Å². The van der Waals surface area contributed by atoms with Gasteiger partial charge in [-0.15, -0.1) is 16.7 Å². The van der Waals surface area contributed by atoms with Crippen molar-refractivity contribution >= 4 is 23.2 Å². The van der Waals surface area contributed by atoms with Gasteiger partial charge in [-0.1, -0.05) is 24.3 Å². The van der Waals surface area contributed by atoms with Gasteiger partial charge in [-0.25, -0.2) is 4.68 Å². The Morgan fingerprint density at radius 3 is 2.56 bits per heavy atom. The van der Waals surface area contributed by atoms with E-state index in [0.29, 0.717) is 24.1 Å². The number of hydrogen-bond donors (Lipinski definition) is 1. The fourth-order valence-corrected chi connectivity index (χ4v) is 2.64. The molecule has 0 saturated carbocycles. The van der Waals surface area contributed by atoms with Gasteiger partial charge in [0.1, 0.15) is 5.38 Å². The van der Waals surface area contributed by atoms with Gasteiger partial charge in [0.15, 0.2) is 5.82 Å². The molecule has 0 aliphatic rings. The Balaban J connectivity index is 1.98. The van der Waals surface area contributed by atoms with Crippen molar-refractivity contribution in [1.82, 2.24) is 14.8 Å². The molecule has 3 aromatic rings. The number of nitrogens with one attached hydrogen (secondary N) is 1. The molecule has 1 heterocycles. The summed E-state index contributed by atoms with van der Waals surface area (Å²) < 4.78 is 7.24. The minimum atomic E-state index is -0.596. The monoisotopic (exact) mass is 384 g/mol. The van der Waals surface area contributed by atoms with Gasteiger partial charge in [0.05, 0.1) is 12.3 Å². The van der Waals surface area contributed by atoms with Gasteiger partial charge in [-0.3, -0.25) is 4.79 Å². The van der Waals surface area contributed by atoms with Crippen LogP contribution in [0.3, 0.4) is 0 Å². The molecule has 0 saturated heterocycles. The third-order valence-corrected chi connectivity index (χ3v) is 4.19. The lowest BCUT2D eigenvalue weighted by molar-refractivity contribution is -0.115. The van der Waals surface area contributed by atoms with E-state index >= 15 is 0 Å². The van der Waals surface area contributed by atoms with Crippen LogP contribution >= 0.6 is 11.6 Å². The Labute approximate surface area is 163 Å². The van der Waals surface area contributed by atoms with Crippen molar-refractivity contribution in [3.63, 3.8) is 0 Å². The van der Waals surface area contributed by atoms with Crippen molar-refractivity contribution in [3.8, 4) is 23.1 Å². The smallest absolute Gasteiger partial charge is 0.336 e. The molecule has 7 heteroatoms. The summed E-state index contributed by atoms with van der Waals surface area (Å²) in [5.74, 6) is 0.451. The fourth-order valence-electron chi connectivity index (χ4n) is 2.59. The molecular weight excluding hydrogens is 364 g/mol. The summed E-state index contributed by atoms with van der Waals surface area (Å²) in [7, 11) is 0. The molecule has 0 spiro atoms. The second kappa shape index (κ2) is 8.22. The van der Waals surface area contributed by atoms with Crippen LogP contribution in [0.5, 0.6) is 6.01 Å². The summed E-state index contributed by atoms with van der Waals surface area (Å²) in [5, 5.41) is 6.65. The second-order valence-electron chi connectivity index (χ2n) is 6.03. The van der Waals surface area contributed by atoms with Crippen LogP contribution in [0.2, 0.25) is 0 Å². The van der Waals surface area contributed by atoms with Crippen LogP contribution in [-0.4, -0.2) is 32.7 Å². The van der Waals surface area contributed by atoms with Crippen molar-refractivity contribution in [3.05, 3.63) is 54.1 Å². The molecule has 0 bridgehead atoms. The molecule has 1 amide bonds. The third-order valence-electron chi connectivity index (χ3n) is 3.99. The number of benzene rings is 2. The molecule has 1 atom stereocenters. The number of hydrogen-bond acceptors (Lipinski definition) is 4. The van der Waals surface area contributed by atoms with Crippen LogP contribution in [0.4, 0.5) is 5.69 Å². The van der Waals surface area contributed by atoms with E-state index in [4.69, 9.17) is 16.3 Å². The number of rotatable bonds is 6. The molecule has 1 N–H and O–H groups in total. The van der Waals surface area contributed by atoms with Gasteiger partial charge in [-0.05, 0) is 50.6 Å². The summed E-state index contributed by atoms with van der Waals surface area (Å²) in [5.41, 5.74) is 3.54. The van der Waals surface area contributed by atoms with E-state index in [9.17, 15) is 4.79 Å². The van der Waals surface area contributed by atoms with E-state index < -0.39 is 5.38 Å². The number of nitrogens with zero attached hydrogens (tertiary/aromatic N) is 3. The number of carbonyl (C=O) groups is 1. The maximum absolute atomic E-state index is 11.7. The third kappa shape index (κ3) is 4.28. The number of alkyl halides is 1. The summed E-state index contributed by atoms with van der Waals surface area (Å²) in [6.07, 6.45) is 0. The number of aromatic nitrogens is 3. The first-order valence-electron chi connectivity index (χ1n) is 8.71. The largest absolute Gasteiger partial charge is 0.463 e. The average molecular weight is 385 g/mol. The summed E-state index contributed by atoms with van der Waals surface area (Å²) in [4.78, 5) is 16.3. The lowest BCUT2D eigenvalue weighted by atomic mass is 10.1. The van der Waals surface area contributed by atoms with Crippen LogP contribution in [0.1, 0.15) is 19.4 Å². The molecule has 0 aliphatic carbocycles. The van der Waals surface area contributed by atoms with Crippen molar-refractivity contribution in [1.29, 1.82) is 0 Å². The standard InChI is InChI=1S/C20H21ClN4O2/c1-4-27-20-23-18(17-8-6-5-7-13(17)2)25(24-20)16-11-9-15(10-12-16)22-19(26)14(3)21/h5-12,14H,4H2,1-3H3,(H,22,26)/t14-/m1/s1. The normalized spacial score (nSPS) is 11.9. The quantitative estimate of drug-likeness (QED) is 0.646. The van der Waals surface area contributed by atoms with Crippen LogP contribution in [0.15, 0.2) is 48.5 Å². The molecule has 140 valence electrons. The molecule has 1 aromatic heterocycles. The molecule has 0 unspecified atom stereocenters. The van der Waals surface area contributed by atoms with Gasteiger partial charge in [0.25, 0.3) is 0 Å². The van der Waals surface area contributed by atoms with Gasteiger partial charge in [0.2, 0.25) is 5.91 Å². The lowest BCUT2D eigenvalue weighted by Crippen LogP contribution is -2.20. The van der Waals surface area contributed by atoms with Gasteiger partial charge >= 0.3 is 6.01 Å². The summed E-state index contributed by atoms with van der Waals surface area (Å²) >= 11 is 5.79. The highest BCUT2D eigenvalue weighted by Crippen LogP contribution is 2.26. The molecule has 0 radical (unpaired) electrons. The molecule has 27 heavy (non-hydrogen) atoms. The predicted octanol–water partition coefficient (Wildman–Crippen LogP) is 4.21. The summed E-state index contributed by atoms with van der Waals surface area (Å²) in [6.45, 7) is 6.04. The Bertz CT molecular complexity index is 935. The Kier molecular flexibility index (Phi) is 5.76. The molecule has 3 rings (SSSR count). The van der Waals surface area contributed by atoms with Crippen LogP contribution < -0.4 is 10.1 Å². The summed E-state index contributed by atoms with van der Waals surface area (Å²) in [6, 6.07) is 15.6.